The fourth-order valence-electron chi connectivity index (χ4n) is 6.94. The van der Waals surface area contributed by atoms with Crippen LogP contribution < -0.4 is 14.5 Å². The third-order valence-electron chi connectivity index (χ3n) is 9.17. The van der Waals surface area contributed by atoms with E-state index in [1.807, 2.05) is 20.8 Å². The van der Waals surface area contributed by atoms with Gasteiger partial charge in [-0.2, -0.15) is 15.2 Å². The topological polar surface area (TPSA) is 115 Å². The quantitative estimate of drug-likeness (QED) is 0.221. The number of benzene rings is 2. The van der Waals surface area contributed by atoms with Crippen LogP contribution in [0.2, 0.25) is 0 Å². The van der Waals surface area contributed by atoms with Crippen LogP contribution in [0.25, 0.3) is 10.8 Å². The van der Waals surface area contributed by atoms with Crippen LogP contribution in [-0.2, 0) is 22.5 Å². The monoisotopic (exact) mass is 763 g/mol. The zero-order chi connectivity index (χ0) is 34.0. The van der Waals surface area contributed by atoms with Crippen LogP contribution in [0.5, 0.6) is 6.01 Å². The fraction of sp³-hybridized carbons (Fsp3) is 0.472. The zero-order valence-corrected chi connectivity index (χ0v) is 30.0. The number of anilines is 2. The molecule has 2 fully saturated rings. The van der Waals surface area contributed by atoms with E-state index in [-0.39, 0.29) is 43.1 Å². The van der Waals surface area contributed by atoms with Gasteiger partial charge in [0.25, 0.3) is 0 Å². The van der Waals surface area contributed by atoms with Gasteiger partial charge in [0.15, 0.2) is 0 Å². The van der Waals surface area contributed by atoms with Gasteiger partial charge in [-0.25, -0.2) is 4.79 Å². The Morgan fingerprint density at radius 1 is 1.06 bits per heavy atom. The highest BCUT2D eigenvalue weighted by Crippen LogP contribution is 2.36. The molecule has 3 aliphatic heterocycles. The van der Waals surface area contributed by atoms with E-state index in [0.717, 1.165) is 48.6 Å². The van der Waals surface area contributed by atoms with Crippen molar-refractivity contribution in [2.45, 2.75) is 70.7 Å². The summed E-state index contributed by atoms with van der Waals surface area (Å²) in [5, 5.41) is 12.0. The number of nitriles is 1. The molecule has 0 spiro atoms. The van der Waals surface area contributed by atoms with Crippen molar-refractivity contribution in [3.63, 3.8) is 0 Å². The number of halogens is 1. The summed E-state index contributed by atoms with van der Waals surface area (Å²) in [6.45, 7) is 13.0. The lowest BCUT2D eigenvalue weighted by atomic mass is 10.0. The number of amides is 2. The lowest BCUT2D eigenvalue weighted by molar-refractivity contribution is -0.128. The minimum atomic E-state index is -0.584. The molecule has 2 saturated heterocycles. The van der Waals surface area contributed by atoms with Crippen LogP contribution >= 0.6 is 22.6 Å². The van der Waals surface area contributed by atoms with E-state index in [0.29, 0.717) is 32.7 Å². The Morgan fingerprint density at radius 3 is 2.60 bits per heavy atom. The standard InChI is InChI=1S/C36H42IN7O4/c1-5-31(45)43-20-19-42(21-25(43)14-16-38)33-27-15-18-41(30-13-7-10-24-9-6-12-28(37)32(24)30)22-29(27)39-34(40-33)47-23-26-11-8-17-44(26)35(46)48-36(2,3)4/h5-7,9-10,12-13,25-26H,1,8,11,14-15,17-23H2,2-4H3/t25-,26-/m0/s1. The van der Waals surface area contributed by atoms with Crippen LogP contribution in [0.3, 0.4) is 0 Å². The Bertz CT molecular complexity index is 1750. The van der Waals surface area contributed by atoms with Gasteiger partial charge in [0.2, 0.25) is 5.91 Å². The van der Waals surface area contributed by atoms with Crippen molar-refractivity contribution in [3.8, 4) is 12.1 Å². The van der Waals surface area contributed by atoms with Crippen LogP contribution in [0, 0.1) is 14.9 Å². The second-order valence-electron chi connectivity index (χ2n) is 13.5. The molecule has 48 heavy (non-hydrogen) atoms. The molecule has 0 radical (unpaired) electrons. The molecule has 3 aromatic rings. The summed E-state index contributed by atoms with van der Waals surface area (Å²) < 4.78 is 13.2. The number of piperazine rings is 1. The first-order valence-corrected chi connectivity index (χ1v) is 17.6. The second kappa shape index (κ2) is 14.2. The summed E-state index contributed by atoms with van der Waals surface area (Å²) in [6.07, 6.45) is 3.59. The van der Waals surface area contributed by atoms with Crippen molar-refractivity contribution in [1.29, 1.82) is 5.26 Å². The average molecular weight is 764 g/mol. The van der Waals surface area contributed by atoms with Gasteiger partial charge in [0.05, 0.1) is 36.8 Å². The number of rotatable bonds is 7. The van der Waals surface area contributed by atoms with Crippen molar-refractivity contribution in [3.05, 3.63) is 63.9 Å². The molecule has 11 nitrogen and oxygen atoms in total. The maximum atomic E-state index is 13.0. The number of hydrogen-bond acceptors (Lipinski definition) is 9. The Morgan fingerprint density at radius 2 is 1.85 bits per heavy atom. The molecule has 0 aliphatic carbocycles. The smallest absolute Gasteiger partial charge is 0.410 e. The lowest BCUT2D eigenvalue weighted by Crippen LogP contribution is -2.55. The van der Waals surface area contributed by atoms with Gasteiger partial charge < -0.3 is 29.1 Å². The SMILES string of the molecule is C=CC(=O)N1CCN(c2nc(OC[C@@H]3CCCN3C(=O)OC(C)(C)C)nc3c2CCN(c2cccc4cccc(I)c24)C3)C[C@@H]1CC#N. The number of hydrogen-bond donors (Lipinski definition) is 0. The Hall–Kier alpha value is -4.12. The predicted molar refractivity (Wildman–Crippen MR) is 193 cm³/mol. The summed E-state index contributed by atoms with van der Waals surface area (Å²) in [5.74, 6) is 0.612. The van der Waals surface area contributed by atoms with E-state index in [4.69, 9.17) is 19.4 Å². The van der Waals surface area contributed by atoms with Crippen LogP contribution in [0.1, 0.15) is 51.3 Å². The van der Waals surface area contributed by atoms with Gasteiger partial charge in [-0.1, -0.05) is 30.8 Å². The van der Waals surface area contributed by atoms with E-state index < -0.39 is 5.60 Å². The number of ether oxygens (including phenoxy) is 2. The molecule has 3 aliphatic rings. The fourth-order valence-corrected chi connectivity index (χ4v) is 7.73. The van der Waals surface area contributed by atoms with Crippen molar-refractivity contribution in [2.75, 3.05) is 49.1 Å². The van der Waals surface area contributed by atoms with Gasteiger partial charge >= 0.3 is 12.1 Å². The Kier molecular flexibility index (Phi) is 9.96. The first-order chi connectivity index (χ1) is 23.1. The minimum absolute atomic E-state index is 0.148. The molecular weight excluding hydrogens is 721 g/mol. The largest absolute Gasteiger partial charge is 0.461 e. The molecular formula is C36H42IN7O4. The molecule has 4 heterocycles. The normalized spacial score (nSPS) is 19.6. The van der Waals surface area contributed by atoms with Crippen molar-refractivity contribution >= 4 is 56.9 Å². The van der Waals surface area contributed by atoms with Crippen molar-refractivity contribution in [1.82, 2.24) is 19.8 Å². The molecule has 1 aromatic heterocycles. The summed E-state index contributed by atoms with van der Waals surface area (Å²) in [4.78, 5) is 43.5. The van der Waals surface area contributed by atoms with Crippen LogP contribution in [0.4, 0.5) is 16.3 Å². The predicted octanol–water partition coefficient (Wildman–Crippen LogP) is 5.69. The van der Waals surface area contributed by atoms with Gasteiger partial charge in [-0.15, -0.1) is 0 Å². The first-order valence-electron chi connectivity index (χ1n) is 16.6. The summed E-state index contributed by atoms with van der Waals surface area (Å²) in [6, 6.07) is 14.8. The molecule has 252 valence electrons. The maximum Gasteiger partial charge on any atom is 0.410 e. The Balaban J connectivity index is 1.31. The molecule has 2 amide bonds. The van der Waals surface area contributed by atoms with E-state index >= 15 is 0 Å². The Labute approximate surface area is 295 Å². The number of fused-ring (bicyclic) bond motifs is 2. The highest BCUT2D eigenvalue weighted by Gasteiger charge is 2.35. The van der Waals surface area contributed by atoms with Crippen LogP contribution in [-0.4, -0.2) is 88.8 Å². The zero-order valence-electron chi connectivity index (χ0n) is 27.8. The lowest BCUT2D eigenvalue weighted by Gasteiger charge is -2.42. The highest BCUT2D eigenvalue weighted by molar-refractivity contribution is 14.1. The molecule has 0 bridgehead atoms. The highest BCUT2D eigenvalue weighted by atomic mass is 127. The molecule has 0 unspecified atom stereocenters. The number of carbonyl (C=O) groups excluding carboxylic acids is 2. The average Bonchev–Trinajstić information content (AvgIpc) is 3.55. The second-order valence-corrected chi connectivity index (χ2v) is 14.7. The van der Waals surface area contributed by atoms with Gasteiger partial charge in [-0.05, 0) is 86.2 Å². The van der Waals surface area contributed by atoms with E-state index in [2.05, 4.69) is 81.4 Å². The molecule has 0 N–H and O–H groups in total. The van der Waals surface area contributed by atoms with Gasteiger partial charge in [0.1, 0.15) is 18.0 Å². The van der Waals surface area contributed by atoms with E-state index in [1.54, 1.807) is 9.80 Å². The van der Waals surface area contributed by atoms with Crippen LogP contribution in [0.15, 0.2) is 49.1 Å². The number of aromatic nitrogens is 2. The van der Waals surface area contributed by atoms with Crippen molar-refractivity contribution < 1.29 is 19.1 Å². The molecule has 12 heteroatoms. The van der Waals surface area contributed by atoms with E-state index in [9.17, 15) is 14.9 Å². The first kappa shape index (κ1) is 33.8. The van der Waals surface area contributed by atoms with E-state index in [1.165, 1.54) is 20.4 Å². The third kappa shape index (κ3) is 7.16. The number of carbonyl (C=O) groups is 2. The summed E-state index contributed by atoms with van der Waals surface area (Å²) in [5.41, 5.74) is 2.53. The van der Waals surface area contributed by atoms with Crippen molar-refractivity contribution in [2.24, 2.45) is 0 Å². The summed E-state index contributed by atoms with van der Waals surface area (Å²) >= 11 is 2.41. The molecule has 6 rings (SSSR count). The maximum absolute atomic E-state index is 13.0. The summed E-state index contributed by atoms with van der Waals surface area (Å²) in [7, 11) is 0. The molecule has 2 atom stereocenters. The minimum Gasteiger partial charge on any atom is -0.461 e. The van der Waals surface area contributed by atoms with Gasteiger partial charge in [0, 0.05) is 52.9 Å². The molecule has 2 aromatic carbocycles. The number of nitrogens with zero attached hydrogens (tertiary/aromatic N) is 7. The number of likely N-dealkylation sites (tertiary alicyclic amines) is 1. The van der Waals surface area contributed by atoms with Gasteiger partial charge in [-0.3, -0.25) is 4.79 Å². The third-order valence-corrected chi connectivity index (χ3v) is 10.1. The molecule has 0 saturated carbocycles.